The number of anilines is 1. The molecule has 11 heteroatoms. The van der Waals surface area contributed by atoms with Crippen LogP contribution in [0.5, 0.6) is 0 Å². The number of hydrogen-bond acceptors (Lipinski definition) is 6. The van der Waals surface area contributed by atoms with E-state index in [1.54, 1.807) is 16.4 Å². The summed E-state index contributed by atoms with van der Waals surface area (Å²) in [4.78, 5) is 4.38. The van der Waals surface area contributed by atoms with E-state index < -0.39 is 34.8 Å². The smallest absolute Gasteiger partial charge is 0.272 e. The zero-order valence-corrected chi connectivity index (χ0v) is 18.9. The molecule has 1 atom stereocenters. The Bertz CT molecular complexity index is 965. The molecule has 32 heavy (non-hydrogen) atoms. The Morgan fingerprint density at radius 2 is 1.97 bits per heavy atom. The van der Waals surface area contributed by atoms with Crippen molar-refractivity contribution in [1.29, 1.82) is 0 Å². The highest BCUT2D eigenvalue weighted by atomic mass is 32.2. The molecule has 1 aliphatic heterocycles. The van der Waals surface area contributed by atoms with Gasteiger partial charge in [-0.2, -0.15) is 5.10 Å². The average Bonchev–Trinajstić information content (AvgIpc) is 2.81. The topological polar surface area (TPSA) is 84.2 Å². The van der Waals surface area contributed by atoms with Crippen LogP contribution >= 0.6 is 0 Å². The number of hydrogen-bond donors (Lipinski definition) is 0. The maximum atomic E-state index is 13.4. The van der Waals surface area contributed by atoms with Crippen molar-refractivity contribution in [2.45, 2.75) is 31.1 Å². The summed E-state index contributed by atoms with van der Waals surface area (Å²) in [6, 6.07) is 12.7. The van der Waals surface area contributed by atoms with Gasteiger partial charge in [-0.1, -0.05) is 18.2 Å². The largest absolute Gasteiger partial charge is 0.470 e. The first kappa shape index (κ1) is 24.1. The Morgan fingerprint density at radius 1 is 1.25 bits per heavy atom. The van der Waals surface area contributed by atoms with Crippen molar-refractivity contribution in [3.05, 3.63) is 59.9 Å². The fraction of sp³-hybridized carbons (Fsp3) is 0.381. The van der Waals surface area contributed by atoms with Gasteiger partial charge in [0.05, 0.1) is 23.1 Å². The molecule has 1 unspecified atom stereocenters. The van der Waals surface area contributed by atoms with Gasteiger partial charge in [0, 0.05) is 40.9 Å². The summed E-state index contributed by atoms with van der Waals surface area (Å²) < 4.78 is 56.8. The number of aromatic nitrogens is 1. The van der Waals surface area contributed by atoms with Gasteiger partial charge in [0.15, 0.2) is 6.61 Å². The Hall–Kier alpha value is -2.53. The molecule has 172 valence electrons. The average molecular weight is 483 g/mol. The molecule has 0 aliphatic carbocycles. The summed E-state index contributed by atoms with van der Waals surface area (Å²) in [5, 5.41) is 6.93. The third-order valence-corrected chi connectivity index (χ3v) is 7.96. The lowest BCUT2D eigenvalue weighted by Crippen LogP contribution is -2.37. The molecular formula is C21H24F2N4O3S2. The second-order valence-electron chi connectivity index (χ2n) is 6.98. The van der Waals surface area contributed by atoms with Crippen LogP contribution in [0.1, 0.15) is 24.1 Å². The van der Waals surface area contributed by atoms with E-state index in [1.165, 1.54) is 6.20 Å². The van der Waals surface area contributed by atoms with Crippen molar-refractivity contribution in [1.82, 2.24) is 4.98 Å². The molecule has 2 heterocycles. The molecule has 1 aromatic heterocycles. The summed E-state index contributed by atoms with van der Waals surface area (Å²) in [5.74, 6) is 1.02. The number of pyridine rings is 1. The molecule has 0 amide bonds. The third kappa shape index (κ3) is 6.73. The normalized spacial score (nSPS) is 20.0. The highest BCUT2D eigenvalue weighted by Crippen LogP contribution is 2.25. The second kappa shape index (κ2) is 11.9. The molecule has 2 aromatic rings. The van der Waals surface area contributed by atoms with E-state index in [9.17, 15) is 17.2 Å². The molecule has 1 saturated heterocycles. The number of ether oxygens (including phenoxy) is 1. The molecule has 1 aliphatic rings. The minimum absolute atomic E-state index is 0.0765. The maximum absolute atomic E-state index is 13.4. The molecule has 3 rings (SSSR count). The molecule has 1 fully saturated rings. The lowest BCUT2D eigenvalue weighted by molar-refractivity contribution is 0.0765. The van der Waals surface area contributed by atoms with E-state index in [2.05, 4.69) is 21.9 Å². The van der Waals surface area contributed by atoms with Crippen molar-refractivity contribution in [2.24, 2.45) is 10.2 Å². The molecule has 0 N–H and O–H groups in total. The van der Waals surface area contributed by atoms with Crippen LogP contribution in [0.15, 0.2) is 58.9 Å². The van der Waals surface area contributed by atoms with Gasteiger partial charge in [-0.05, 0) is 37.1 Å². The van der Waals surface area contributed by atoms with Gasteiger partial charge in [-0.25, -0.2) is 13.0 Å². The van der Waals surface area contributed by atoms with E-state index in [1.807, 2.05) is 30.3 Å². The van der Waals surface area contributed by atoms with Crippen LogP contribution in [-0.4, -0.2) is 55.8 Å². The standard InChI is InChI=1S/C21H24F2N4O3S2/c1-24-26-21(30-15-20(22)23)16-7-8-17(25-13-16)14-27(18-5-3-2-4-6-18)32(29)19-9-11-31(28)12-10-19/h2-8,13,19-20H,1,9-12,14-15H2/b26-21-. The predicted octanol–water partition coefficient (Wildman–Crippen LogP) is 3.31. The molecule has 0 spiro atoms. The first-order chi connectivity index (χ1) is 15.5. The lowest BCUT2D eigenvalue weighted by Gasteiger charge is -2.29. The molecular weight excluding hydrogens is 458 g/mol. The number of alkyl halides is 2. The fourth-order valence-electron chi connectivity index (χ4n) is 3.17. The quantitative estimate of drug-likeness (QED) is 0.312. The molecule has 0 saturated carbocycles. The molecule has 7 nitrogen and oxygen atoms in total. The van der Waals surface area contributed by atoms with Crippen LogP contribution in [0.25, 0.3) is 0 Å². The second-order valence-corrected chi connectivity index (χ2v) is 10.3. The van der Waals surface area contributed by atoms with E-state index in [-0.39, 0.29) is 17.7 Å². The number of benzene rings is 1. The maximum Gasteiger partial charge on any atom is 0.272 e. The van der Waals surface area contributed by atoms with Crippen LogP contribution in [0, 0.1) is 0 Å². The van der Waals surface area contributed by atoms with Gasteiger partial charge in [0.2, 0.25) is 5.90 Å². The van der Waals surface area contributed by atoms with Crippen LogP contribution < -0.4 is 4.31 Å². The third-order valence-electron chi connectivity index (χ3n) is 4.77. The summed E-state index contributed by atoms with van der Waals surface area (Å²) in [6.07, 6.45) is 0.0832. The summed E-state index contributed by atoms with van der Waals surface area (Å²) in [7, 11) is -2.17. The highest BCUT2D eigenvalue weighted by Gasteiger charge is 2.28. The van der Waals surface area contributed by atoms with Gasteiger partial charge in [0.25, 0.3) is 6.43 Å². The molecule has 1 aromatic carbocycles. The van der Waals surface area contributed by atoms with E-state index in [0.29, 0.717) is 35.6 Å². The monoisotopic (exact) mass is 482 g/mol. The van der Waals surface area contributed by atoms with Gasteiger partial charge in [-0.15, -0.1) is 5.10 Å². The van der Waals surface area contributed by atoms with E-state index in [4.69, 9.17) is 4.74 Å². The van der Waals surface area contributed by atoms with Gasteiger partial charge in [0.1, 0.15) is 11.0 Å². The first-order valence-electron chi connectivity index (χ1n) is 9.96. The van der Waals surface area contributed by atoms with E-state index in [0.717, 1.165) is 5.69 Å². The summed E-state index contributed by atoms with van der Waals surface area (Å²) in [5.41, 5.74) is 1.80. The Kier molecular flexibility index (Phi) is 8.98. The Balaban J connectivity index is 1.78. The minimum atomic E-state index is -2.65. The number of rotatable bonds is 9. The van der Waals surface area contributed by atoms with Crippen LogP contribution in [-0.2, 0) is 33.1 Å². The van der Waals surface area contributed by atoms with Crippen LogP contribution in [0.4, 0.5) is 14.5 Å². The predicted molar refractivity (Wildman–Crippen MR) is 124 cm³/mol. The zero-order chi connectivity index (χ0) is 22.9. The SMILES string of the molecule is C=N/N=C(\OCC(F)F)c1ccc(CN(c2ccccc2)S(=O)C2CCS(=O)CC2)nc1. The zero-order valence-electron chi connectivity index (χ0n) is 17.3. The van der Waals surface area contributed by atoms with Gasteiger partial charge in [-0.3, -0.25) is 13.5 Å². The van der Waals surface area contributed by atoms with Crippen LogP contribution in [0.2, 0.25) is 0 Å². The van der Waals surface area contributed by atoms with Crippen LogP contribution in [0.3, 0.4) is 0 Å². The van der Waals surface area contributed by atoms with Crippen molar-refractivity contribution in [3.8, 4) is 0 Å². The fourth-order valence-corrected chi connectivity index (χ4v) is 6.36. The van der Waals surface area contributed by atoms with Crippen molar-refractivity contribution in [2.75, 3.05) is 22.4 Å². The molecule has 0 radical (unpaired) electrons. The number of halogens is 2. The van der Waals surface area contributed by atoms with Crippen molar-refractivity contribution in [3.63, 3.8) is 0 Å². The minimum Gasteiger partial charge on any atom is -0.470 e. The number of para-hydroxylation sites is 1. The number of nitrogens with zero attached hydrogens (tertiary/aromatic N) is 4. The van der Waals surface area contributed by atoms with Crippen molar-refractivity contribution < 1.29 is 21.9 Å². The summed E-state index contributed by atoms with van der Waals surface area (Å²) in [6.45, 7) is 2.69. The van der Waals surface area contributed by atoms with Gasteiger partial charge >= 0.3 is 0 Å². The van der Waals surface area contributed by atoms with Gasteiger partial charge < -0.3 is 4.74 Å². The molecule has 0 bridgehead atoms. The van der Waals surface area contributed by atoms with Crippen molar-refractivity contribution >= 4 is 40.1 Å². The first-order valence-corrected chi connectivity index (χ1v) is 12.6. The summed E-state index contributed by atoms with van der Waals surface area (Å²) >= 11 is 0. The lowest BCUT2D eigenvalue weighted by atomic mass is 10.2. The van der Waals surface area contributed by atoms with E-state index >= 15 is 0 Å². The Morgan fingerprint density at radius 3 is 2.56 bits per heavy atom. The highest BCUT2D eigenvalue weighted by molar-refractivity contribution is 7.88. The Labute approximate surface area is 190 Å².